The third kappa shape index (κ3) is 2.47. The van der Waals surface area contributed by atoms with Crippen LogP contribution in [0, 0.1) is 6.92 Å². The third-order valence-corrected chi connectivity index (χ3v) is 3.48. The molecule has 2 aromatic rings. The Morgan fingerprint density at radius 1 is 1.35 bits per heavy atom. The van der Waals surface area contributed by atoms with Crippen LogP contribution in [0.5, 0.6) is 0 Å². The Labute approximate surface area is 116 Å². The molecule has 3 rings (SSSR count). The van der Waals surface area contributed by atoms with Crippen LogP contribution in [0.25, 0.3) is 0 Å². The highest BCUT2D eigenvalue weighted by Crippen LogP contribution is 2.25. The number of aryl methyl sites for hydroxylation is 1. The van der Waals surface area contributed by atoms with E-state index in [0.29, 0.717) is 0 Å². The van der Waals surface area contributed by atoms with Crippen LogP contribution >= 0.6 is 0 Å². The van der Waals surface area contributed by atoms with Crippen LogP contribution in [0.3, 0.4) is 0 Å². The lowest BCUT2D eigenvalue weighted by Gasteiger charge is -2.19. The second-order valence-electron chi connectivity index (χ2n) is 4.88. The van der Waals surface area contributed by atoms with E-state index < -0.39 is 0 Å². The first-order valence-electron chi connectivity index (χ1n) is 6.64. The van der Waals surface area contributed by atoms with Gasteiger partial charge in [0.2, 0.25) is 0 Å². The van der Waals surface area contributed by atoms with Gasteiger partial charge in [-0.25, -0.2) is 0 Å². The van der Waals surface area contributed by atoms with Crippen molar-refractivity contribution in [2.45, 2.75) is 19.8 Å². The normalized spacial score (nSPS) is 14.6. The van der Waals surface area contributed by atoms with E-state index in [-0.39, 0.29) is 11.7 Å². The minimum Gasteiger partial charge on any atom is -0.372 e. The number of aromatic amines is 1. The predicted molar refractivity (Wildman–Crippen MR) is 74.8 cm³/mol. The SMILES string of the molecule is Cc1cc(N2CCCC2)ccc1NC(=O)c1nn[nH]n1. The van der Waals surface area contributed by atoms with Crippen molar-refractivity contribution < 1.29 is 4.79 Å². The van der Waals surface area contributed by atoms with Gasteiger partial charge in [0.1, 0.15) is 0 Å². The van der Waals surface area contributed by atoms with Gasteiger partial charge in [-0.2, -0.15) is 5.21 Å². The summed E-state index contributed by atoms with van der Waals surface area (Å²) >= 11 is 0. The van der Waals surface area contributed by atoms with Gasteiger partial charge in [0.25, 0.3) is 11.7 Å². The Hall–Kier alpha value is -2.44. The number of hydrogen-bond donors (Lipinski definition) is 2. The topological polar surface area (TPSA) is 86.8 Å². The summed E-state index contributed by atoms with van der Waals surface area (Å²) in [6, 6.07) is 6.04. The molecule has 1 aromatic heterocycles. The van der Waals surface area contributed by atoms with Crippen molar-refractivity contribution in [3.8, 4) is 0 Å². The molecule has 1 aromatic carbocycles. The van der Waals surface area contributed by atoms with Gasteiger partial charge >= 0.3 is 0 Å². The fraction of sp³-hybridized carbons (Fsp3) is 0.385. The molecule has 1 saturated heterocycles. The Kier molecular flexibility index (Phi) is 3.32. The fourth-order valence-electron chi connectivity index (χ4n) is 2.40. The zero-order valence-electron chi connectivity index (χ0n) is 11.3. The second kappa shape index (κ2) is 5.28. The Morgan fingerprint density at radius 3 is 2.80 bits per heavy atom. The number of nitrogens with one attached hydrogen (secondary N) is 2. The molecule has 0 bridgehead atoms. The highest BCUT2D eigenvalue weighted by molar-refractivity contribution is 6.01. The van der Waals surface area contributed by atoms with Crippen molar-refractivity contribution in [1.82, 2.24) is 20.6 Å². The summed E-state index contributed by atoms with van der Waals surface area (Å²) in [4.78, 5) is 14.2. The molecule has 2 N–H and O–H groups in total. The smallest absolute Gasteiger partial charge is 0.297 e. The van der Waals surface area contributed by atoms with E-state index in [9.17, 15) is 4.79 Å². The molecule has 0 radical (unpaired) electrons. The molecule has 2 heterocycles. The maximum Gasteiger partial charge on any atom is 0.297 e. The number of rotatable bonds is 3. The number of carbonyl (C=O) groups is 1. The number of tetrazole rings is 1. The first-order chi connectivity index (χ1) is 9.74. The van der Waals surface area contributed by atoms with E-state index in [1.165, 1.54) is 18.5 Å². The number of anilines is 2. The average molecular weight is 272 g/mol. The van der Waals surface area contributed by atoms with Gasteiger partial charge in [-0.05, 0) is 48.7 Å². The van der Waals surface area contributed by atoms with Gasteiger partial charge in [0.15, 0.2) is 0 Å². The molecular weight excluding hydrogens is 256 g/mol. The monoisotopic (exact) mass is 272 g/mol. The minimum absolute atomic E-state index is 0.0352. The zero-order chi connectivity index (χ0) is 13.9. The maximum atomic E-state index is 11.9. The molecule has 20 heavy (non-hydrogen) atoms. The summed E-state index contributed by atoms with van der Waals surface area (Å²) < 4.78 is 0. The van der Waals surface area contributed by atoms with Gasteiger partial charge in [-0.1, -0.05) is 0 Å². The van der Waals surface area contributed by atoms with E-state index >= 15 is 0 Å². The van der Waals surface area contributed by atoms with Crippen LogP contribution in [0.1, 0.15) is 29.0 Å². The predicted octanol–water partition coefficient (Wildman–Crippen LogP) is 1.36. The lowest BCUT2D eigenvalue weighted by atomic mass is 10.1. The van der Waals surface area contributed by atoms with E-state index in [4.69, 9.17) is 0 Å². The Balaban J connectivity index is 1.75. The van der Waals surface area contributed by atoms with Gasteiger partial charge in [0, 0.05) is 24.5 Å². The second-order valence-corrected chi connectivity index (χ2v) is 4.88. The van der Waals surface area contributed by atoms with Gasteiger partial charge in [0.05, 0.1) is 0 Å². The zero-order valence-corrected chi connectivity index (χ0v) is 11.3. The van der Waals surface area contributed by atoms with Crippen LogP contribution in [0.2, 0.25) is 0 Å². The number of carbonyl (C=O) groups excluding carboxylic acids is 1. The number of hydrogen-bond acceptors (Lipinski definition) is 5. The Morgan fingerprint density at radius 2 is 2.15 bits per heavy atom. The highest BCUT2D eigenvalue weighted by atomic mass is 16.2. The first-order valence-corrected chi connectivity index (χ1v) is 6.64. The quantitative estimate of drug-likeness (QED) is 0.881. The van der Waals surface area contributed by atoms with Crippen molar-refractivity contribution in [3.05, 3.63) is 29.6 Å². The number of aromatic nitrogens is 4. The summed E-state index contributed by atoms with van der Waals surface area (Å²) in [7, 11) is 0. The molecule has 1 aliphatic heterocycles. The molecule has 0 unspecified atom stereocenters. The van der Waals surface area contributed by atoms with Crippen molar-refractivity contribution in [1.29, 1.82) is 0 Å². The van der Waals surface area contributed by atoms with Crippen LogP contribution in [0.15, 0.2) is 18.2 Å². The minimum atomic E-state index is -0.365. The van der Waals surface area contributed by atoms with E-state index in [2.05, 4.69) is 36.9 Å². The van der Waals surface area contributed by atoms with E-state index in [1.807, 2.05) is 19.1 Å². The fourth-order valence-corrected chi connectivity index (χ4v) is 2.40. The third-order valence-electron chi connectivity index (χ3n) is 3.48. The first kappa shape index (κ1) is 12.6. The number of H-pyrrole nitrogens is 1. The maximum absolute atomic E-state index is 11.9. The molecule has 0 atom stereocenters. The van der Waals surface area contributed by atoms with Crippen molar-refractivity contribution in [3.63, 3.8) is 0 Å². The molecule has 1 aliphatic rings. The average Bonchev–Trinajstić information content (AvgIpc) is 3.14. The summed E-state index contributed by atoms with van der Waals surface area (Å²) in [5.74, 6) is -0.330. The highest BCUT2D eigenvalue weighted by Gasteiger charge is 2.15. The summed E-state index contributed by atoms with van der Waals surface area (Å²) in [6.45, 7) is 4.19. The van der Waals surface area contributed by atoms with Crippen LogP contribution in [-0.2, 0) is 0 Å². The molecule has 0 saturated carbocycles. The standard InChI is InChI=1S/C13H16N6O/c1-9-8-10(19-6-2-3-7-19)4-5-11(9)14-13(20)12-15-17-18-16-12/h4-5,8H,2-3,6-7H2,1H3,(H,14,20)(H,15,16,17,18). The van der Waals surface area contributed by atoms with Crippen molar-refractivity contribution in [2.24, 2.45) is 0 Å². The number of benzene rings is 1. The lowest BCUT2D eigenvalue weighted by Crippen LogP contribution is -2.18. The summed E-state index contributed by atoms with van der Waals surface area (Å²) in [6.07, 6.45) is 2.49. The summed E-state index contributed by atoms with van der Waals surface area (Å²) in [5, 5.41) is 15.7. The van der Waals surface area contributed by atoms with Gasteiger partial charge in [-0.3, -0.25) is 4.79 Å². The molecular formula is C13H16N6O. The molecule has 1 fully saturated rings. The molecule has 0 aliphatic carbocycles. The molecule has 1 amide bonds. The largest absolute Gasteiger partial charge is 0.372 e. The van der Waals surface area contributed by atoms with Gasteiger partial charge in [-0.15, -0.1) is 10.2 Å². The van der Waals surface area contributed by atoms with Crippen LogP contribution in [0.4, 0.5) is 11.4 Å². The summed E-state index contributed by atoms with van der Waals surface area (Å²) in [5.41, 5.74) is 2.99. The molecule has 7 heteroatoms. The Bertz CT molecular complexity index is 603. The lowest BCUT2D eigenvalue weighted by molar-refractivity contribution is 0.101. The van der Waals surface area contributed by atoms with E-state index in [1.54, 1.807) is 0 Å². The molecule has 104 valence electrons. The molecule has 0 spiro atoms. The number of nitrogens with zero attached hydrogens (tertiary/aromatic N) is 4. The van der Waals surface area contributed by atoms with Crippen molar-refractivity contribution in [2.75, 3.05) is 23.3 Å². The van der Waals surface area contributed by atoms with Gasteiger partial charge < -0.3 is 10.2 Å². The van der Waals surface area contributed by atoms with Crippen LogP contribution < -0.4 is 10.2 Å². The van der Waals surface area contributed by atoms with Crippen molar-refractivity contribution >= 4 is 17.3 Å². The molecule has 7 nitrogen and oxygen atoms in total. The number of amides is 1. The van der Waals surface area contributed by atoms with E-state index in [0.717, 1.165) is 24.3 Å². The van der Waals surface area contributed by atoms with Crippen LogP contribution in [-0.4, -0.2) is 39.6 Å².